The van der Waals surface area contributed by atoms with Crippen molar-refractivity contribution in [3.8, 4) is 0 Å². The number of amides is 2. The van der Waals surface area contributed by atoms with Gasteiger partial charge in [-0.1, -0.05) is 47.0 Å². The van der Waals surface area contributed by atoms with E-state index in [2.05, 4.69) is 5.32 Å². The van der Waals surface area contributed by atoms with Crippen LogP contribution in [0.15, 0.2) is 0 Å². The second-order valence-electron chi connectivity index (χ2n) is 10.2. The van der Waals surface area contributed by atoms with Crippen LogP contribution in [-0.4, -0.2) is 69.8 Å². The van der Waals surface area contributed by atoms with Crippen molar-refractivity contribution in [1.29, 1.82) is 0 Å². The number of nitrogens with zero attached hydrogens (tertiary/aromatic N) is 1. The smallest absolute Gasteiger partial charge is 0.329 e. The van der Waals surface area contributed by atoms with Crippen molar-refractivity contribution in [2.24, 2.45) is 17.8 Å². The number of rotatable bonds is 8. The fourth-order valence-electron chi connectivity index (χ4n) is 4.76. The molecule has 0 aliphatic carbocycles. The van der Waals surface area contributed by atoms with Crippen LogP contribution in [0.3, 0.4) is 0 Å². The Balaban J connectivity index is 2.24. The number of unbranched alkanes of at least 4 members (excludes halogenated alkanes) is 1. The minimum absolute atomic E-state index is 0.0192. The van der Waals surface area contributed by atoms with Gasteiger partial charge in [0.25, 0.3) is 0 Å². The normalized spacial score (nSPS) is 32.2. The third-order valence-electron chi connectivity index (χ3n) is 7.48. The van der Waals surface area contributed by atoms with Gasteiger partial charge >= 0.3 is 5.97 Å². The third kappa shape index (κ3) is 7.41. The molecule has 2 aliphatic heterocycles. The van der Waals surface area contributed by atoms with E-state index in [4.69, 9.17) is 4.74 Å². The largest absolute Gasteiger partial charge is 0.460 e. The molecule has 0 aromatic carbocycles. The van der Waals surface area contributed by atoms with E-state index < -0.39 is 36.2 Å². The molecule has 2 aliphatic rings. The number of aliphatic hydroxyl groups is 2. The lowest BCUT2D eigenvalue weighted by Crippen LogP contribution is -2.56. The highest BCUT2D eigenvalue weighted by atomic mass is 16.5. The van der Waals surface area contributed by atoms with Gasteiger partial charge in [-0.15, -0.1) is 0 Å². The van der Waals surface area contributed by atoms with Crippen molar-refractivity contribution in [2.45, 2.75) is 116 Å². The van der Waals surface area contributed by atoms with Gasteiger partial charge in [-0.05, 0) is 44.4 Å². The number of aliphatic hydroxyl groups excluding tert-OH is 2. The molecule has 2 saturated heterocycles. The van der Waals surface area contributed by atoms with Crippen molar-refractivity contribution in [3.05, 3.63) is 0 Å². The molecule has 2 amide bonds. The van der Waals surface area contributed by atoms with Gasteiger partial charge in [0.2, 0.25) is 11.8 Å². The number of carbonyl (C=O) groups excluding carboxylic acids is 3. The number of hydrogen-bond acceptors (Lipinski definition) is 6. The summed E-state index contributed by atoms with van der Waals surface area (Å²) in [4.78, 5) is 41.1. The van der Waals surface area contributed by atoms with E-state index in [1.807, 2.05) is 20.8 Å². The van der Waals surface area contributed by atoms with E-state index in [0.29, 0.717) is 32.2 Å². The van der Waals surface area contributed by atoms with Crippen molar-refractivity contribution in [3.63, 3.8) is 0 Å². The first-order valence-corrected chi connectivity index (χ1v) is 12.7. The molecule has 0 unspecified atom stereocenters. The Morgan fingerprint density at radius 1 is 1.12 bits per heavy atom. The highest BCUT2D eigenvalue weighted by Crippen LogP contribution is 2.28. The average molecular weight is 469 g/mol. The molecule has 8 atom stereocenters. The lowest BCUT2D eigenvalue weighted by Gasteiger charge is -2.35. The maximum absolute atomic E-state index is 13.4. The van der Waals surface area contributed by atoms with E-state index in [-0.39, 0.29) is 36.2 Å². The lowest BCUT2D eigenvalue weighted by atomic mass is 9.88. The van der Waals surface area contributed by atoms with Gasteiger partial charge in [0.15, 0.2) is 0 Å². The summed E-state index contributed by atoms with van der Waals surface area (Å²) in [6, 6.07) is -1.38. The average Bonchev–Trinajstić information content (AvgIpc) is 3.27. The molecule has 2 rings (SSSR count). The molecule has 190 valence electrons. The van der Waals surface area contributed by atoms with Gasteiger partial charge < -0.3 is 25.2 Å². The van der Waals surface area contributed by atoms with Crippen LogP contribution in [0.4, 0.5) is 0 Å². The van der Waals surface area contributed by atoms with Crippen LogP contribution in [0, 0.1) is 17.8 Å². The Bertz CT molecular complexity index is 669. The molecule has 8 heteroatoms. The summed E-state index contributed by atoms with van der Waals surface area (Å²) in [5.41, 5.74) is 0. The van der Waals surface area contributed by atoms with Gasteiger partial charge in [0.05, 0.1) is 18.1 Å². The molecule has 0 radical (unpaired) electrons. The summed E-state index contributed by atoms with van der Waals surface area (Å²) in [7, 11) is 0. The first kappa shape index (κ1) is 27.6. The Hall–Kier alpha value is -1.67. The number of fused-ring (bicyclic) bond motifs is 1. The topological polar surface area (TPSA) is 116 Å². The fraction of sp³-hybridized carbons (Fsp3) is 0.880. The summed E-state index contributed by atoms with van der Waals surface area (Å²) in [6.07, 6.45) is 3.48. The molecular weight excluding hydrogens is 424 g/mol. The van der Waals surface area contributed by atoms with Crippen LogP contribution >= 0.6 is 0 Å². The molecule has 0 aromatic rings. The zero-order chi connectivity index (χ0) is 24.7. The van der Waals surface area contributed by atoms with Gasteiger partial charge in [-0.25, -0.2) is 4.79 Å². The first-order valence-electron chi connectivity index (χ1n) is 12.7. The molecule has 3 N–H and O–H groups in total. The van der Waals surface area contributed by atoms with Crippen molar-refractivity contribution >= 4 is 17.8 Å². The number of carbonyl (C=O) groups is 3. The predicted molar refractivity (Wildman–Crippen MR) is 125 cm³/mol. The van der Waals surface area contributed by atoms with Gasteiger partial charge in [-0.3, -0.25) is 9.59 Å². The van der Waals surface area contributed by atoms with E-state index in [1.165, 1.54) is 0 Å². The summed E-state index contributed by atoms with van der Waals surface area (Å²) in [5, 5.41) is 23.2. The monoisotopic (exact) mass is 468 g/mol. The van der Waals surface area contributed by atoms with E-state index in [9.17, 15) is 24.6 Å². The van der Waals surface area contributed by atoms with E-state index in [1.54, 1.807) is 18.7 Å². The molecule has 0 saturated carbocycles. The highest BCUT2D eigenvalue weighted by Gasteiger charge is 2.42. The number of cyclic esters (lactones) is 1. The van der Waals surface area contributed by atoms with Crippen LogP contribution < -0.4 is 5.32 Å². The van der Waals surface area contributed by atoms with Crippen molar-refractivity contribution < 1.29 is 29.3 Å². The lowest BCUT2D eigenvalue weighted by molar-refractivity contribution is -0.164. The maximum Gasteiger partial charge on any atom is 0.329 e. The van der Waals surface area contributed by atoms with Gasteiger partial charge in [0, 0.05) is 13.0 Å². The second-order valence-corrected chi connectivity index (χ2v) is 10.2. The van der Waals surface area contributed by atoms with Gasteiger partial charge in [-0.2, -0.15) is 0 Å². The molecule has 2 heterocycles. The Labute approximate surface area is 198 Å². The zero-order valence-electron chi connectivity index (χ0n) is 21.0. The SMILES string of the molecule is CC[C@@H](C)[C@H]1NC(=O)[C@@H](C)[C@@H](O)C[C@H]([C@H](C)CCCC[C@H](C)O)OC(=O)[C@@H]2CCCN2C1=O. The fourth-order valence-corrected chi connectivity index (χ4v) is 4.76. The van der Waals surface area contributed by atoms with E-state index >= 15 is 0 Å². The molecule has 0 aromatic heterocycles. The van der Waals surface area contributed by atoms with Crippen LogP contribution in [-0.2, 0) is 19.1 Å². The van der Waals surface area contributed by atoms with Crippen molar-refractivity contribution in [2.75, 3.05) is 6.54 Å². The minimum Gasteiger partial charge on any atom is -0.460 e. The predicted octanol–water partition coefficient (Wildman–Crippen LogP) is 2.40. The first-order chi connectivity index (χ1) is 15.6. The molecular formula is C25H44N2O6. The number of esters is 1. The Morgan fingerprint density at radius 2 is 1.79 bits per heavy atom. The molecule has 2 fully saturated rings. The number of nitrogens with one attached hydrogen (secondary N) is 1. The summed E-state index contributed by atoms with van der Waals surface area (Å²) in [6.45, 7) is 9.74. The van der Waals surface area contributed by atoms with E-state index in [0.717, 1.165) is 19.3 Å². The quantitative estimate of drug-likeness (QED) is 0.372. The van der Waals surface area contributed by atoms with Crippen LogP contribution in [0.1, 0.15) is 86.0 Å². The third-order valence-corrected chi connectivity index (χ3v) is 7.48. The number of ether oxygens (including phenoxy) is 1. The van der Waals surface area contributed by atoms with Crippen LogP contribution in [0.5, 0.6) is 0 Å². The van der Waals surface area contributed by atoms with Crippen LogP contribution in [0.25, 0.3) is 0 Å². The van der Waals surface area contributed by atoms with Gasteiger partial charge in [0.1, 0.15) is 18.2 Å². The Kier molecular flexibility index (Phi) is 10.6. The minimum atomic E-state index is -0.991. The Morgan fingerprint density at radius 3 is 2.42 bits per heavy atom. The standard InChI is InChI=1S/C25H44N2O6/c1-6-15(2)22-24(31)27-13-9-12-19(27)25(32)33-21(14-20(29)18(5)23(30)26-22)16(3)10-7-8-11-17(4)28/h15-22,28-29H,6-14H2,1-5H3,(H,26,30)/t15-,16-,17+,18+,19+,20+,21-,22-/m1/s1. The van der Waals surface area contributed by atoms with Crippen molar-refractivity contribution in [1.82, 2.24) is 10.2 Å². The summed E-state index contributed by atoms with van der Waals surface area (Å²) < 4.78 is 5.93. The van der Waals surface area contributed by atoms with Crippen LogP contribution in [0.2, 0.25) is 0 Å². The molecule has 8 nitrogen and oxygen atoms in total. The summed E-state index contributed by atoms with van der Waals surface area (Å²) >= 11 is 0. The molecule has 0 spiro atoms. The maximum atomic E-state index is 13.4. The number of hydrogen-bond donors (Lipinski definition) is 3. The highest BCUT2D eigenvalue weighted by molar-refractivity contribution is 5.92. The molecule has 33 heavy (non-hydrogen) atoms. The molecule has 0 bridgehead atoms. The summed E-state index contributed by atoms with van der Waals surface area (Å²) in [5.74, 6) is -1.87. The zero-order valence-corrected chi connectivity index (χ0v) is 21.0. The second kappa shape index (κ2) is 12.7.